The topological polar surface area (TPSA) is 50.5 Å². The number of hydrogen-bond acceptors (Lipinski definition) is 3. The molecule has 3 aromatic rings. The summed E-state index contributed by atoms with van der Waals surface area (Å²) < 4.78 is 18.6. The molecule has 0 saturated heterocycles. The van der Waals surface area contributed by atoms with Crippen LogP contribution in [0.3, 0.4) is 0 Å². The van der Waals surface area contributed by atoms with Gasteiger partial charge in [0.2, 0.25) is 0 Å². The van der Waals surface area contributed by atoms with E-state index in [-0.39, 0.29) is 5.76 Å². The Morgan fingerprint density at radius 1 is 1.13 bits per heavy atom. The van der Waals surface area contributed by atoms with Crippen LogP contribution in [0, 0.1) is 5.82 Å². The molecule has 0 aliphatic carbocycles. The summed E-state index contributed by atoms with van der Waals surface area (Å²) in [4.78, 5) is 26.2. The van der Waals surface area contributed by atoms with Crippen molar-refractivity contribution in [2.24, 2.45) is 0 Å². The highest BCUT2D eigenvalue weighted by Crippen LogP contribution is 2.30. The van der Waals surface area contributed by atoms with Crippen LogP contribution in [0.4, 0.5) is 10.1 Å². The highest BCUT2D eigenvalue weighted by atomic mass is 19.1. The molecular formula is C18H12FNO3. The number of carbonyl (C=O) groups is 1. The third-order valence-electron chi connectivity index (χ3n) is 4.07. The summed E-state index contributed by atoms with van der Waals surface area (Å²) in [5, 5.41) is 1.07. The molecule has 0 unspecified atom stereocenters. The fourth-order valence-corrected chi connectivity index (χ4v) is 2.94. The number of anilines is 1. The average molecular weight is 309 g/mol. The van der Waals surface area contributed by atoms with Gasteiger partial charge in [0.05, 0.1) is 11.1 Å². The molecule has 4 rings (SSSR count). The smallest absolute Gasteiger partial charge is 0.344 e. The Balaban J connectivity index is 1.80. The first kappa shape index (κ1) is 13.7. The van der Waals surface area contributed by atoms with Gasteiger partial charge in [-0.15, -0.1) is 0 Å². The minimum atomic E-state index is -0.551. The van der Waals surface area contributed by atoms with Crippen molar-refractivity contribution in [1.82, 2.24) is 0 Å². The lowest BCUT2D eigenvalue weighted by atomic mass is 10.1. The van der Waals surface area contributed by atoms with Gasteiger partial charge in [0.1, 0.15) is 5.82 Å². The molecule has 5 heteroatoms. The fourth-order valence-electron chi connectivity index (χ4n) is 2.94. The molecule has 2 aromatic carbocycles. The van der Waals surface area contributed by atoms with Crippen molar-refractivity contribution >= 4 is 22.4 Å². The summed E-state index contributed by atoms with van der Waals surface area (Å²) >= 11 is 0. The molecule has 4 nitrogen and oxygen atoms in total. The maximum absolute atomic E-state index is 13.5. The summed E-state index contributed by atoms with van der Waals surface area (Å²) in [6.45, 7) is 0.439. The van der Waals surface area contributed by atoms with E-state index in [1.54, 1.807) is 36.4 Å². The van der Waals surface area contributed by atoms with E-state index in [1.807, 2.05) is 0 Å². The second-order valence-electron chi connectivity index (χ2n) is 5.47. The molecule has 23 heavy (non-hydrogen) atoms. The Bertz CT molecular complexity index is 993. The van der Waals surface area contributed by atoms with Crippen LogP contribution in [-0.2, 0) is 6.42 Å². The SMILES string of the molecule is O=C(c1cc2ccccc2c(=O)o1)N1CCc2ccc(F)cc21. The Morgan fingerprint density at radius 2 is 1.96 bits per heavy atom. The van der Waals surface area contributed by atoms with Gasteiger partial charge in [-0.25, -0.2) is 9.18 Å². The summed E-state index contributed by atoms with van der Waals surface area (Å²) in [7, 11) is 0. The van der Waals surface area contributed by atoms with Gasteiger partial charge >= 0.3 is 5.63 Å². The zero-order chi connectivity index (χ0) is 16.0. The van der Waals surface area contributed by atoms with Gasteiger partial charge in [0.15, 0.2) is 5.76 Å². The molecule has 0 atom stereocenters. The number of hydrogen-bond donors (Lipinski definition) is 0. The van der Waals surface area contributed by atoms with Gasteiger partial charge in [-0.3, -0.25) is 4.79 Å². The second-order valence-corrected chi connectivity index (χ2v) is 5.47. The minimum absolute atomic E-state index is 0.0363. The molecule has 1 aromatic heterocycles. The highest BCUT2D eigenvalue weighted by Gasteiger charge is 2.27. The molecule has 0 radical (unpaired) electrons. The lowest BCUT2D eigenvalue weighted by Gasteiger charge is -2.16. The molecule has 114 valence electrons. The molecule has 1 aliphatic heterocycles. The van der Waals surface area contributed by atoms with Crippen LogP contribution in [0.5, 0.6) is 0 Å². The maximum atomic E-state index is 13.5. The van der Waals surface area contributed by atoms with E-state index in [0.717, 1.165) is 5.56 Å². The summed E-state index contributed by atoms with van der Waals surface area (Å²) in [6, 6.07) is 12.9. The number of carbonyl (C=O) groups excluding carboxylic acids is 1. The van der Waals surface area contributed by atoms with Crippen LogP contribution in [0.25, 0.3) is 10.8 Å². The third kappa shape index (κ3) is 2.21. The van der Waals surface area contributed by atoms with Crippen LogP contribution >= 0.6 is 0 Å². The third-order valence-corrected chi connectivity index (χ3v) is 4.07. The molecule has 1 aliphatic rings. The minimum Gasteiger partial charge on any atom is -0.417 e. The van der Waals surface area contributed by atoms with Gasteiger partial charge in [0.25, 0.3) is 5.91 Å². The first-order valence-electron chi connectivity index (χ1n) is 7.27. The van der Waals surface area contributed by atoms with Crippen molar-refractivity contribution in [2.75, 3.05) is 11.4 Å². The standard InChI is InChI=1S/C18H12FNO3/c19-13-6-5-11-7-8-20(15(11)10-13)17(21)16-9-12-3-1-2-4-14(12)18(22)23-16/h1-6,9-10H,7-8H2. The average Bonchev–Trinajstić information content (AvgIpc) is 2.97. The molecule has 0 bridgehead atoms. The molecular weight excluding hydrogens is 297 g/mol. The van der Waals surface area contributed by atoms with E-state index < -0.39 is 17.3 Å². The number of fused-ring (bicyclic) bond motifs is 2. The van der Waals surface area contributed by atoms with Gasteiger partial charge in [-0.2, -0.15) is 0 Å². The molecule has 0 fully saturated rings. The number of nitrogens with zero attached hydrogens (tertiary/aromatic N) is 1. The van der Waals surface area contributed by atoms with E-state index in [1.165, 1.54) is 17.0 Å². The van der Waals surface area contributed by atoms with E-state index in [2.05, 4.69) is 0 Å². The van der Waals surface area contributed by atoms with Crippen molar-refractivity contribution in [2.45, 2.75) is 6.42 Å². The van der Waals surface area contributed by atoms with Crippen molar-refractivity contribution in [3.63, 3.8) is 0 Å². The van der Waals surface area contributed by atoms with Crippen LogP contribution in [-0.4, -0.2) is 12.5 Å². The summed E-state index contributed by atoms with van der Waals surface area (Å²) in [6.07, 6.45) is 0.652. The van der Waals surface area contributed by atoms with Gasteiger partial charge in [-0.05, 0) is 41.6 Å². The van der Waals surface area contributed by atoms with Crippen molar-refractivity contribution < 1.29 is 13.6 Å². The zero-order valence-corrected chi connectivity index (χ0v) is 12.1. The largest absolute Gasteiger partial charge is 0.417 e. The maximum Gasteiger partial charge on any atom is 0.344 e. The molecule has 2 heterocycles. The summed E-state index contributed by atoms with van der Waals surface area (Å²) in [5.41, 5.74) is 0.888. The predicted molar refractivity (Wildman–Crippen MR) is 84.3 cm³/mol. The van der Waals surface area contributed by atoms with Crippen molar-refractivity contribution in [1.29, 1.82) is 0 Å². The van der Waals surface area contributed by atoms with E-state index in [0.29, 0.717) is 29.4 Å². The quantitative estimate of drug-likeness (QED) is 0.694. The lowest BCUT2D eigenvalue weighted by molar-refractivity contribution is 0.0959. The Morgan fingerprint density at radius 3 is 2.83 bits per heavy atom. The van der Waals surface area contributed by atoms with Crippen molar-refractivity contribution in [3.8, 4) is 0 Å². The first-order chi connectivity index (χ1) is 11.1. The van der Waals surface area contributed by atoms with Gasteiger partial charge in [0, 0.05) is 6.54 Å². The first-order valence-corrected chi connectivity index (χ1v) is 7.27. The monoisotopic (exact) mass is 309 g/mol. The molecule has 0 N–H and O–H groups in total. The Hall–Kier alpha value is -2.95. The Labute approximate surface area is 130 Å². The van der Waals surface area contributed by atoms with E-state index in [9.17, 15) is 14.0 Å². The molecule has 0 saturated carbocycles. The zero-order valence-electron chi connectivity index (χ0n) is 12.1. The normalized spacial score (nSPS) is 13.3. The highest BCUT2D eigenvalue weighted by molar-refractivity contribution is 6.06. The number of halogens is 1. The lowest BCUT2D eigenvalue weighted by Crippen LogP contribution is -2.29. The Kier molecular flexibility index (Phi) is 3.01. The van der Waals surface area contributed by atoms with Gasteiger partial charge in [-0.1, -0.05) is 24.3 Å². The predicted octanol–water partition coefficient (Wildman–Crippen LogP) is 3.14. The van der Waals surface area contributed by atoms with Crippen LogP contribution in [0.15, 0.2) is 57.7 Å². The second kappa shape index (κ2) is 5.05. The summed E-state index contributed by atoms with van der Waals surface area (Å²) in [5.74, 6) is -0.869. The van der Waals surface area contributed by atoms with Gasteiger partial charge < -0.3 is 9.32 Å². The fraction of sp³-hybridized carbons (Fsp3) is 0.111. The van der Waals surface area contributed by atoms with E-state index >= 15 is 0 Å². The van der Waals surface area contributed by atoms with Crippen LogP contribution in [0.1, 0.15) is 16.1 Å². The van der Waals surface area contributed by atoms with E-state index in [4.69, 9.17) is 4.42 Å². The number of amides is 1. The molecule has 1 amide bonds. The van der Waals surface area contributed by atoms with Crippen LogP contribution < -0.4 is 10.5 Å². The van der Waals surface area contributed by atoms with Crippen LogP contribution in [0.2, 0.25) is 0 Å². The van der Waals surface area contributed by atoms with Crippen molar-refractivity contribution in [3.05, 3.63) is 76.1 Å². The number of rotatable bonds is 1. The number of benzene rings is 2. The molecule has 0 spiro atoms.